The lowest BCUT2D eigenvalue weighted by Crippen LogP contribution is -2.07. The normalized spacial score (nSPS) is 11.3. The summed E-state index contributed by atoms with van der Waals surface area (Å²) in [6, 6.07) is 16.4. The molecule has 0 N–H and O–H groups in total. The van der Waals surface area contributed by atoms with Crippen LogP contribution >= 0.6 is 11.6 Å². The molecule has 0 spiro atoms. The number of benzene rings is 2. The number of rotatable bonds is 3. The van der Waals surface area contributed by atoms with Gasteiger partial charge in [0.1, 0.15) is 0 Å². The SMILES string of the molecule is C=C(c1ccc(-c2ccccc2)cc1)C(F)(F)Cl. The van der Waals surface area contributed by atoms with E-state index in [-0.39, 0.29) is 5.57 Å². The van der Waals surface area contributed by atoms with E-state index in [4.69, 9.17) is 11.6 Å². The Morgan fingerprint density at radius 2 is 1.39 bits per heavy atom. The maximum Gasteiger partial charge on any atom is 0.348 e. The maximum atomic E-state index is 12.9. The minimum Gasteiger partial charge on any atom is -0.183 e. The standard InChI is InChI=1S/C15H11ClF2/c1-11(15(16,17)18)12-7-9-14(10-8-12)13-5-3-2-4-6-13/h2-10H,1H2. The zero-order chi connectivity index (χ0) is 13.2. The molecule has 0 aromatic heterocycles. The van der Waals surface area contributed by atoms with Gasteiger partial charge in [0.05, 0.1) is 0 Å². The fourth-order valence-corrected chi connectivity index (χ4v) is 1.77. The van der Waals surface area contributed by atoms with Crippen molar-refractivity contribution in [2.45, 2.75) is 5.38 Å². The van der Waals surface area contributed by atoms with E-state index in [9.17, 15) is 8.78 Å². The quantitative estimate of drug-likeness (QED) is 0.669. The molecule has 0 atom stereocenters. The van der Waals surface area contributed by atoms with Crippen molar-refractivity contribution in [2.75, 3.05) is 0 Å². The van der Waals surface area contributed by atoms with E-state index >= 15 is 0 Å². The molecule has 2 aromatic carbocycles. The zero-order valence-electron chi connectivity index (χ0n) is 9.54. The Balaban J connectivity index is 2.29. The summed E-state index contributed by atoms with van der Waals surface area (Å²) in [7, 11) is 0. The van der Waals surface area contributed by atoms with Crippen molar-refractivity contribution in [2.24, 2.45) is 0 Å². The van der Waals surface area contributed by atoms with E-state index in [0.717, 1.165) is 11.1 Å². The topological polar surface area (TPSA) is 0 Å². The molecule has 18 heavy (non-hydrogen) atoms. The van der Waals surface area contributed by atoms with Crippen molar-refractivity contribution in [1.82, 2.24) is 0 Å². The molecule has 92 valence electrons. The average molecular weight is 265 g/mol. The summed E-state index contributed by atoms with van der Waals surface area (Å²) in [6.07, 6.45) is 0. The van der Waals surface area contributed by atoms with Gasteiger partial charge in [0.15, 0.2) is 0 Å². The van der Waals surface area contributed by atoms with Crippen molar-refractivity contribution in [3.05, 3.63) is 66.7 Å². The van der Waals surface area contributed by atoms with Crippen LogP contribution in [0.4, 0.5) is 8.78 Å². The van der Waals surface area contributed by atoms with E-state index in [2.05, 4.69) is 6.58 Å². The summed E-state index contributed by atoms with van der Waals surface area (Å²) < 4.78 is 25.8. The second-order valence-electron chi connectivity index (χ2n) is 3.92. The highest BCUT2D eigenvalue weighted by Gasteiger charge is 2.29. The molecule has 3 heteroatoms. The Morgan fingerprint density at radius 1 is 0.889 bits per heavy atom. The zero-order valence-corrected chi connectivity index (χ0v) is 10.3. The molecule has 0 saturated carbocycles. The smallest absolute Gasteiger partial charge is 0.183 e. The van der Waals surface area contributed by atoms with Gasteiger partial charge < -0.3 is 0 Å². The monoisotopic (exact) mass is 264 g/mol. The van der Waals surface area contributed by atoms with Gasteiger partial charge in [-0.1, -0.05) is 61.2 Å². The molecule has 0 saturated heterocycles. The third-order valence-electron chi connectivity index (χ3n) is 2.68. The molecule has 0 radical (unpaired) electrons. The second kappa shape index (κ2) is 4.91. The van der Waals surface area contributed by atoms with Gasteiger partial charge in [0, 0.05) is 5.57 Å². The van der Waals surface area contributed by atoms with E-state index in [1.807, 2.05) is 30.3 Å². The maximum absolute atomic E-state index is 12.9. The van der Waals surface area contributed by atoms with Crippen LogP contribution in [0.1, 0.15) is 5.56 Å². The molecule has 0 unspecified atom stereocenters. The number of alkyl halides is 3. The van der Waals surface area contributed by atoms with Crippen LogP contribution < -0.4 is 0 Å². The van der Waals surface area contributed by atoms with Crippen LogP contribution in [-0.4, -0.2) is 5.38 Å². The molecule has 0 aliphatic carbocycles. The van der Waals surface area contributed by atoms with Crippen molar-refractivity contribution in [1.29, 1.82) is 0 Å². The first-order valence-corrected chi connectivity index (χ1v) is 5.78. The van der Waals surface area contributed by atoms with Gasteiger partial charge in [-0.25, -0.2) is 0 Å². The molecule has 0 aliphatic rings. The van der Waals surface area contributed by atoms with E-state index in [1.54, 1.807) is 24.3 Å². The van der Waals surface area contributed by atoms with E-state index < -0.39 is 5.38 Å². The first kappa shape index (κ1) is 12.8. The summed E-state index contributed by atoms with van der Waals surface area (Å²) in [6.45, 7) is 3.32. The Bertz CT molecular complexity index is 539. The minimum absolute atomic E-state index is 0.342. The van der Waals surface area contributed by atoms with Gasteiger partial charge in [-0.2, -0.15) is 8.78 Å². The molecular formula is C15H11ClF2. The second-order valence-corrected chi connectivity index (χ2v) is 4.39. The Kier molecular flexibility index (Phi) is 3.48. The molecule has 0 bridgehead atoms. The molecular weight excluding hydrogens is 254 g/mol. The third-order valence-corrected chi connectivity index (χ3v) is 2.91. The average Bonchev–Trinajstić information content (AvgIpc) is 2.38. The summed E-state index contributed by atoms with van der Waals surface area (Å²) in [5.74, 6) is 0. The van der Waals surface area contributed by atoms with Crippen LogP contribution in [0.25, 0.3) is 16.7 Å². The molecule has 2 rings (SSSR count). The van der Waals surface area contributed by atoms with E-state index in [1.165, 1.54) is 0 Å². The molecule has 2 aromatic rings. The summed E-state index contributed by atoms with van der Waals surface area (Å²) in [5, 5.41) is -3.41. The van der Waals surface area contributed by atoms with Crippen LogP contribution in [0.3, 0.4) is 0 Å². The number of allylic oxidation sites excluding steroid dienone is 1. The van der Waals surface area contributed by atoms with Crippen LogP contribution in [-0.2, 0) is 0 Å². The van der Waals surface area contributed by atoms with Crippen LogP contribution in [0.5, 0.6) is 0 Å². The highest BCUT2D eigenvalue weighted by atomic mass is 35.5. The van der Waals surface area contributed by atoms with Gasteiger partial charge in [-0.05, 0) is 28.3 Å². The number of halogens is 3. The molecule has 0 heterocycles. The fourth-order valence-electron chi connectivity index (χ4n) is 1.66. The molecule has 0 aliphatic heterocycles. The molecule has 0 fully saturated rings. The van der Waals surface area contributed by atoms with Gasteiger partial charge >= 0.3 is 5.38 Å². The summed E-state index contributed by atoms with van der Waals surface area (Å²) >= 11 is 4.94. The lowest BCUT2D eigenvalue weighted by molar-refractivity contribution is 0.165. The minimum atomic E-state index is -3.41. The number of hydrogen-bond donors (Lipinski definition) is 0. The Hall–Kier alpha value is -1.67. The van der Waals surface area contributed by atoms with Crippen LogP contribution in [0.2, 0.25) is 0 Å². The highest BCUT2D eigenvalue weighted by molar-refractivity contribution is 6.27. The predicted octanol–water partition coefficient (Wildman–Crippen LogP) is 5.20. The Labute approximate surface area is 110 Å². The lowest BCUT2D eigenvalue weighted by atomic mass is 10.0. The van der Waals surface area contributed by atoms with Crippen molar-refractivity contribution in [3.63, 3.8) is 0 Å². The van der Waals surface area contributed by atoms with Gasteiger partial charge in [-0.15, -0.1) is 0 Å². The van der Waals surface area contributed by atoms with Gasteiger partial charge in [0.25, 0.3) is 0 Å². The van der Waals surface area contributed by atoms with E-state index in [0.29, 0.717) is 5.56 Å². The van der Waals surface area contributed by atoms with Crippen molar-refractivity contribution >= 4 is 17.2 Å². The lowest BCUT2D eigenvalue weighted by Gasteiger charge is -2.12. The Morgan fingerprint density at radius 3 is 1.89 bits per heavy atom. The number of hydrogen-bond acceptors (Lipinski definition) is 0. The van der Waals surface area contributed by atoms with Gasteiger partial charge in [-0.3, -0.25) is 0 Å². The van der Waals surface area contributed by atoms with Crippen molar-refractivity contribution < 1.29 is 8.78 Å². The first-order valence-electron chi connectivity index (χ1n) is 5.40. The largest absolute Gasteiger partial charge is 0.348 e. The fraction of sp³-hybridized carbons (Fsp3) is 0.0667. The third kappa shape index (κ3) is 2.77. The van der Waals surface area contributed by atoms with Crippen LogP contribution in [0.15, 0.2) is 61.2 Å². The predicted molar refractivity (Wildman–Crippen MR) is 71.7 cm³/mol. The summed E-state index contributed by atoms with van der Waals surface area (Å²) in [4.78, 5) is 0. The highest BCUT2D eigenvalue weighted by Crippen LogP contribution is 2.35. The van der Waals surface area contributed by atoms with Gasteiger partial charge in [0.2, 0.25) is 0 Å². The molecule has 0 amide bonds. The summed E-state index contributed by atoms with van der Waals surface area (Å²) in [5.41, 5.74) is 1.95. The molecule has 0 nitrogen and oxygen atoms in total. The first-order chi connectivity index (χ1) is 8.48. The van der Waals surface area contributed by atoms with Crippen molar-refractivity contribution in [3.8, 4) is 11.1 Å². The van der Waals surface area contributed by atoms with Crippen LogP contribution in [0, 0.1) is 0 Å².